The number of ether oxygens (including phenoxy) is 1. The molecular formula is C15H21N5O. The minimum Gasteiger partial charge on any atom is -0.380 e. The van der Waals surface area contributed by atoms with E-state index in [1.165, 1.54) is 18.4 Å². The van der Waals surface area contributed by atoms with E-state index in [1.54, 1.807) is 18.1 Å². The van der Waals surface area contributed by atoms with Crippen molar-refractivity contribution in [2.75, 3.05) is 7.11 Å². The van der Waals surface area contributed by atoms with Crippen molar-refractivity contribution in [2.45, 2.75) is 44.4 Å². The largest absolute Gasteiger partial charge is 0.380 e. The van der Waals surface area contributed by atoms with Crippen LogP contribution in [-0.4, -0.2) is 39.5 Å². The van der Waals surface area contributed by atoms with Crippen LogP contribution >= 0.6 is 0 Å². The van der Waals surface area contributed by atoms with E-state index in [0.29, 0.717) is 12.1 Å². The van der Waals surface area contributed by atoms with Gasteiger partial charge in [0.1, 0.15) is 6.33 Å². The Bertz CT molecular complexity index is 571. The second kappa shape index (κ2) is 6.32. The third kappa shape index (κ3) is 3.11. The lowest BCUT2D eigenvalue weighted by Gasteiger charge is -2.24. The maximum absolute atomic E-state index is 5.55. The Morgan fingerprint density at radius 1 is 1.38 bits per heavy atom. The molecule has 0 aliphatic heterocycles. The number of nitrogens with zero attached hydrogens (tertiary/aromatic N) is 4. The Morgan fingerprint density at radius 3 is 3.05 bits per heavy atom. The lowest BCUT2D eigenvalue weighted by molar-refractivity contribution is 0.0820. The van der Waals surface area contributed by atoms with Crippen molar-refractivity contribution in [3.05, 3.63) is 36.2 Å². The van der Waals surface area contributed by atoms with E-state index in [1.807, 2.05) is 12.1 Å². The first-order valence-corrected chi connectivity index (χ1v) is 7.40. The van der Waals surface area contributed by atoms with Gasteiger partial charge in [-0.2, -0.15) is 0 Å². The van der Waals surface area contributed by atoms with Gasteiger partial charge in [-0.1, -0.05) is 12.1 Å². The topological polar surface area (TPSA) is 64.9 Å². The molecule has 21 heavy (non-hydrogen) atoms. The van der Waals surface area contributed by atoms with Crippen LogP contribution in [0.4, 0.5) is 0 Å². The minimum absolute atomic E-state index is 0.266. The first-order chi connectivity index (χ1) is 10.3. The van der Waals surface area contributed by atoms with Gasteiger partial charge in [0, 0.05) is 19.2 Å². The molecule has 2 aromatic rings. The maximum atomic E-state index is 5.55. The van der Waals surface area contributed by atoms with Gasteiger partial charge in [-0.25, -0.2) is 4.68 Å². The molecule has 3 unspecified atom stereocenters. The Hall–Kier alpha value is -1.79. The number of hydrogen-bond acceptors (Lipinski definition) is 5. The molecule has 1 N–H and O–H groups in total. The summed E-state index contributed by atoms with van der Waals surface area (Å²) in [4.78, 5) is 0. The van der Waals surface area contributed by atoms with E-state index in [-0.39, 0.29) is 6.04 Å². The molecule has 1 aromatic heterocycles. The molecule has 3 rings (SSSR count). The number of nitrogens with one attached hydrogen (secondary N) is 1. The number of tetrazole rings is 1. The summed E-state index contributed by atoms with van der Waals surface area (Å²) in [5, 5.41) is 15.0. The maximum Gasteiger partial charge on any atom is 0.143 e. The molecule has 1 aliphatic rings. The number of hydrogen-bond donors (Lipinski definition) is 1. The average Bonchev–Trinajstić information content (AvgIpc) is 3.18. The van der Waals surface area contributed by atoms with Crippen LogP contribution in [0.25, 0.3) is 5.69 Å². The van der Waals surface area contributed by atoms with E-state index in [9.17, 15) is 0 Å². The Morgan fingerprint density at radius 2 is 2.29 bits per heavy atom. The van der Waals surface area contributed by atoms with Gasteiger partial charge in [-0.3, -0.25) is 0 Å². The van der Waals surface area contributed by atoms with Gasteiger partial charge in [-0.15, -0.1) is 5.10 Å². The van der Waals surface area contributed by atoms with Crippen LogP contribution in [0.15, 0.2) is 30.6 Å². The van der Waals surface area contributed by atoms with E-state index in [4.69, 9.17) is 4.74 Å². The molecule has 0 amide bonds. The molecule has 0 saturated heterocycles. The molecule has 1 saturated carbocycles. The lowest BCUT2D eigenvalue weighted by Crippen LogP contribution is -2.38. The van der Waals surface area contributed by atoms with Crippen molar-refractivity contribution in [3.63, 3.8) is 0 Å². The first kappa shape index (κ1) is 14.2. The summed E-state index contributed by atoms with van der Waals surface area (Å²) in [7, 11) is 1.80. The van der Waals surface area contributed by atoms with Gasteiger partial charge in [0.15, 0.2) is 0 Å². The first-order valence-electron chi connectivity index (χ1n) is 7.40. The fraction of sp³-hybridized carbons (Fsp3) is 0.533. The Balaban J connectivity index is 1.73. The third-order valence-corrected chi connectivity index (χ3v) is 4.20. The van der Waals surface area contributed by atoms with E-state index < -0.39 is 0 Å². The zero-order valence-corrected chi connectivity index (χ0v) is 12.4. The third-order valence-electron chi connectivity index (χ3n) is 4.20. The van der Waals surface area contributed by atoms with E-state index in [0.717, 1.165) is 12.1 Å². The fourth-order valence-electron chi connectivity index (χ4n) is 3.03. The van der Waals surface area contributed by atoms with Gasteiger partial charge >= 0.3 is 0 Å². The number of rotatable bonds is 5. The molecule has 1 aliphatic carbocycles. The van der Waals surface area contributed by atoms with Crippen molar-refractivity contribution < 1.29 is 4.74 Å². The van der Waals surface area contributed by atoms with Gasteiger partial charge in [0.25, 0.3) is 0 Å². The van der Waals surface area contributed by atoms with E-state index in [2.05, 4.69) is 39.9 Å². The van der Waals surface area contributed by atoms with Crippen molar-refractivity contribution in [3.8, 4) is 5.69 Å². The summed E-state index contributed by atoms with van der Waals surface area (Å²) >= 11 is 0. The quantitative estimate of drug-likeness (QED) is 0.909. The van der Waals surface area contributed by atoms with Crippen LogP contribution in [0.2, 0.25) is 0 Å². The molecule has 3 atom stereocenters. The predicted molar refractivity (Wildman–Crippen MR) is 79.1 cm³/mol. The molecule has 112 valence electrons. The Kier molecular flexibility index (Phi) is 4.26. The SMILES string of the molecule is COC1CCCC1NC(C)c1cccc(-n2cnnn2)c1. The van der Waals surface area contributed by atoms with E-state index >= 15 is 0 Å². The highest BCUT2D eigenvalue weighted by atomic mass is 16.5. The van der Waals surface area contributed by atoms with Crippen LogP contribution in [0.3, 0.4) is 0 Å². The highest BCUT2D eigenvalue weighted by molar-refractivity contribution is 5.35. The second-order valence-corrected chi connectivity index (χ2v) is 5.55. The summed E-state index contributed by atoms with van der Waals surface area (Å²) < 4.78 is 7.22. The van der Waals surface area contributed by atoms with Crippen LogP contribution in [0.5, 0.6) is 0 Å². The monoisotopic (exact) mass is 287 g/mol. The number of methoxy groups -OCH3 is 1. The summed E-state index contributed by atoms with van der Waals surface area (Å²) in [6, 6.07) is 8.98. The molecule has 1 aromatic carbocycles. The fourth-order valence-corrected chi connectivity index (χ4v) is 3.03. The summed E-state index contributed by atoms with van der Waals surface area (Å²) in [6.07, 6.45) is 5.49. The molecular weight excluding hydrogens is 266 g/mol. The molecule has 1 fully saturated rings. The summed E-state index contributed by atoms with van der Waals surface area (Å²) in [6.45, 7) is 2.18. The average molecular weight is 287 g/mol. The molecule has 0 spiro atoms. The van der Waals surface area contributed by atoms with Crippen molar-refractivity contribution in [1.29, 1.82) is 0 Å². The minimum atomic E-state index is 0.266. The smallest absolute Gasteiger partial charge is 0.143 e. The van der Waals surface area contributed by atoms with Gasteiger partial charge in [0.05, 0.1) is 11.8 Å². The highest BCUT2D eigenvalue weighted by Gasteiger charge is 2.28. The van der Waals surface area contributed by atoms with Gasteiger partial charge < -0.3 is 10.1 Å². The second-order valence-electron chi connectivity index (χ2n) is 5.55. The van der Waals surface area contributed by atoms with Crippen LogP contribution in [-0.2, 0) is 4.74 Å². The number of benzene rings is 1. The van der Waals surface area contributed by atoms with Crippen molar-refractivity contribution >= 4 is 0 Å². The molecule has 6 heteroatoms. The zero-order valence-electron chi connectivity index (χ0n) is 12.4. The van der Waals surface area contributed by atoms with Crippen LogP contribution in [0.1, 0.15) is 37.8 Å². The predicted octanol–water partition coefficient (Wildman–Crippen LogP) is 1.88. The summed E-state index contributed by atoms with van der Waals surface area (Å²) in [5.74, 6) is 0. The molecule has 6 nitrogen and oxygen atoms in total. The number of aromatic nitrogens is 4. The standard InChI is InChI=1S/C15H21N5O/c1-11(17-14-7-4-8-15(14)21-2)12-5-3-6-13(9-12)20-10-16-18-19-20/h3,5-6,9-11,14-15,17H,4,7-8H2,1-2H3. The van der Waals surface area contributed by atoms with Crippen LogP contribution in [0, 0.1) is 0 Å². The Labute approximate surface area is 124 Å². The molecule has 1 heterocycles. The zero-order chi connectivity index (χ0) is 14.7. The van der Waals surface area contributed by atoms with Crippen molar-refractivity contribution in [2.24, 2.45) is 0 Å². The normalized spacial score (nSPS) is 23.3. The van der Waals surface area contributed by atoms with Crippen LogP contribution < -0.4 is 5.32 Å². The highest BCUT2D eigenvalue weighted by Crippen LogP contribution is 2.25. The lowest BCUT2D eigenvalue weighted by atomic mass is 10.1. The summed E-state index contributed by atoms with van der Waals surface area (Å²) in [5.41, 5.74) is 2.20. The van der Waals surface area contributed by atoms with Gasteiger partial charge in [0.2, 0.25) is 0 Å². The molecule has 0 radical (unpaired) electrons. The molecule has 0 bridgehead atoms. The van der Waals surface area contributed by atoms with Crippen molar-refractivity contribution in [1.82, 2.24) is 25.5 Å². The van der Waals surface area contributed by atoms with Gasteiger partial charge in [-0.05, 0) is 54.3 Å².